The summed E-state index contributed by atoms with van der Waals surface area (Å²) in [7, 11) is 0. The lowest BCUT2D eigenvalue weighted by molar-refractivity contribution is 1.48. The Kier molecular flexibility index (Phi) is 9.55. The molecule has 0 amide bonds. The second kappa shape index (κ2) is 14.2. The minimum atomic E-state index is 0.327. The van der Waals surface area contributed by atoms with Crippen molar-refractivity contribution in [2.75, 3.05) is 0 Å². The van der Waals surface area contributed by atoms with E-state index in [9.17, 15) is 5.26 Å². The van der Waals surface area contributed by atoms with Crippen LogP contribution in [-0.2, 0) is 0 Å². The molecule has 0 aliphatic carbocycles. The summed E-state index contributed by atoms with van der Waals surface area (Å²) in [5, 5.41) is 18.5. The molecule has 2 aromatic heterocycles. The first kappa shape index (κ1) is 30.2. The van der Waals surface area contributed by atoms with E-state index in [1.165, 1.54) is 5.56 Å². The van der Waals surface area contributed by atoms with E-state index < -0.39 is 0 Å². The minimum absolute atomic E-state index is 0.327. The maximum absolute atomic E-state index is 9.82. The number of nitrogens with zero attached hydrogens (tertiary/aromatic N) is 8. The molecule has 7 aromatic rings. The summed E-state index contributed by atoms with van der Waals surface area (Å²) in [6.07, 6.45) is 0. The molecule has 0 saturated carbocycles. The third-order valence-corrected chi connectivity index (χ3v) is 7.67. The zero-order valence-corrected chi connectivity index (χ0v) is 25.3. The third kappa shape index (κ3) is 6.54. The monoisotopic (exact) mass is 616 g/mol. The number of benzene rings is 5. The first-order valence-electron chi connectivity index (χ1n) is 13.4. The second-order valence-corrected chi connectivity index (χ2v) is 10.4. The van der Waals surface area contributed by atoms with Crippen LogP contribution in [0.15, 0.2) is 103 Å². The third-order valence-electron chi connectivity index (χ3n) is 6.59. The average molecular weight is 617 g/mol. The van der Waals surface area contributed by atoms with Crippen molar-refractivity contribution in [3.8, 4) is 34.4 Å². The lowest BCUT2D eigenvalue weighted by Crippen LogP contribution is -1.92. The van der Waals surface area contributed by atoms with Gasteiger partial charge in [-0.15, -0.1) is 0 Å². The predicted octanol–water partition coefficient (Wildman–Crippen LogP) is 9.56. The van der Waals surface area contributed by atoms with Crippen LogP contribution in [0, 0.1) is 42.7 Å². The van der Waals surface area contributed by atoms with E-state index in [1.807, 2.05) is 84.9 Å². The maximum Gasteiger partial charge on any atom is 0.215 e. The molecular formula is C35H20N8S2. The Balaban J connectivity index is 0.000000165. The molecule has 0 unspecified atom stereocenters. The number of hydrogen-bond donors (Lipinski definition) is 0. The Hall–Kier alpha value is -6.30. The van der Waals surface area contributed by atoms with Crippen molar-refractivity contribution in [3.63, 3.8) is 0 Å². The summed E-state index contributed by atoms with van der Waals surface area (Å²) in [5.74, 6) is 0. The molecule has 5 aromatic carbocycles. The first-order valence-corrected chi connectivity index (χ1v) is 14.8. The summed E-state index contributed by atoms with van der Waals surface area (Å²) in [6, 6.07) is 36.8. The van der Waals surface area contributed by atoms with Crippen LogP contribution in [0.1, 0.15) is 16.7 Å². The molecular weight excluding hydrogens is 597 g/mol. The highest BCUT2D eigenvalue weighted by atomic mass is 32.1. The number of fused-ring (bicyclic) bond motifs is 2. The van der Waals surface area contributed by atoms with Crippen molar-refractivity contribution in [1.29, 1.82) is 10.5 Å². The number of nitriles is 2. The van der Waals surface area contributed by atoms with E-state index in [2.05, 4.69) is 52.3 Å². The topological polar surface area (TPSA) is 108 Å². The van der Waals surface area contributed by atoms with Crippen LogP contribution in [0.5, 0.6) is 0 Å². The molecule has 212 valence electrons. The molecule has 0 saturated heterocycles. The highest BCUT2D eigenvalue weighted by Gasteiger charge is 2.24. The van der Waals surface area contributed by atoms with E-state index in [4.69, 9.17) is 18.4 Å². The van der Waals surface area contributed by atoms with Crippen LogP contribution in [0.2, 0.25) is 0 Å². The molecule has 0 radical (unpaired) electrons. The van der Waals surface area contributed by atoms with Gasteiger partial charge in [0.15, 0.2) is 0 Å². The van der Waals surface area contributed by atoms with Gasteiger partial charge in [-0.3, -0.25) is 0 Å². The van der Waals surface area contributed by atoms with Crippen molar-refractivity contribution in [2.24, 2.45) is 0 Å². The highest BCUT2D eigenvalue weighted by Crippen LogP contribution is 2.45. The fraction of sp³-hybridized carbons (Fsp3) is 0.0286. The summed E-state index contributed by atoms with van der Waals surface area (Å²) in [5.41, 5.74) is 8.45. The lowest BCUT2D eigenvalue weighted by Gasteiger charge is -2.12. The van der Waals surface area contributed by atoms with Crippen LogP contribution in [0.3, 0.4) is 0 Å². The van der Waals surface area contributed by atoms with Crippen molar-refractivity contribution in [3.05, 3.63) is 143 Å². The Bertz CT molecular complexity index is 2130. The molecule has 0 aliphatic rings. The summed E-state index contributed by atoms with van der Waals surface area (Å²) in [4.78, 5) is 6.93. The standard InChI is InChI=1S/C20H10N4S.C8H2N4S.C7H8/c1-22-18-15(12-21)16(13-8-4-2-5-9-13)19-20(24-25-23-19)17(18)14-10-6-3-7-11-14;1-10-6-3-8-7(11-13-12-8)2-5(6)4-9;1-7-5-3-2-4-6-7/h2-11H;2-3H;2-6H,1H3. The molecule has 10 heteroatoms. The summed E-state index contributed by atoms with van der Waals surface area (Å²) >= 11 is 2.18. The molecule has 2 heterocycles. The van der Waals surface area contributed by atoms with Crippen LogP contribution in [0.4, 0.5) is 11.4 Å². The van der Waals surface area contributed by atoms with Crippen molar-refractivity contribution >= 4 is 56.9 Å². The summed E-state index contributed by atoms with van der Waals surface area (Å²) < 4.78 is 16.8. The Labute approximate surface area is 268 Å². The molecule has 7 rings (SSSR count). The predicted molar refractivity (Wildman–Crippen MR) is 179 cm³/mol. The Morgan fingerprint density at radius 1 is 0.622 bits per heavy atom. The van der Waals surface area contributed by atoms with Crippen molar-refractivity contribution < 1.29 is 0 Å². The lowest BCUT2D eigenvalue weighted by atomic mass is 9.91. The second-order valence-electron chi connectivity index (χ2n) is 9.39. The fourth-order valence-electron chi connectivity index (χ4n) is 4.51. The van der Waals surface area contributed by atoms with Gasteiger partial charge in [0.25, 0.3) is 0 Å². The van der Waals surface area contributed by atoms with E-state index in [0.29, 0.717) is 55.7 Å². The van der Waals surface area contributed by atoms with Gasteiger partial charge in [-0.2, -0.15) is 28.0 Å². The molecule has 0 atom stereocenters. The largest absolute Gasteiger partial charge is 0.237 e. The molecule has 45 heavy (non-hydrogen) atoms. The fourth-order valence-corrected chi connectivity index (χ4v) is 5.58. The highest BCUT2D eigenvalue weighted by molar-refractivity contribution is 7.00. The molecule has 0 fully saturated rings. The van der Waals surface area contributed by atoms with Gasteiger partial charge in [0.05, 0.1) is 65.4 Å². The number of hydrogen-bond acceptors (Lipinski definition) is 8. The SMILES string of the molecule is Cc1ccccc1.[C-]#[N+]c1c(C#N)c(-c2ccccc2)c2nsnc2c1-c1ccccc1.[C-]#[N+]c1cc2nsnc2cc1C#N. The van der Waals surface area contributed by atoms with Gasteiger partial charge >= 0.3 is 0 Å². The van der Waals surface area contributed by atoms with Gasteiger partial charge in [-0.1, -0.05) is 96.6 Å². The number of aryl methyl sites for hydroxylation is 1. The molecule has 0 N–H and O–H groups in total. The summed E-state index contributed by atoms with van der Waals surface area (Å²) in [6.45, 7) is 16.6. The van der Waals surface area contributed by atoms with Gasteiger partial charge in [0.2, 0.25) is 11.4 Å². The number of rotatable bonds is 2. The quantitative estimate of drug-likeness (QED) is 0.179. The molecule has 0 spiro atoms. The van der Waals surface area contributed by atoms with Gasteiger partial charge in [0.1, 0.15) is 16.6 Å². The van der Waals surface area contributed by atoms with Crippen molar-refractivity contribution in [1.82, 2.24) is 17.5 Å². The first-order chi connectivity index (χ1) is 22.1. The van der Waals surface area contributed by atoms with Gasteiger partial charge in [-0.05, 0) is 30.2 Å². The smallest absolute Gasteiger partial charge is 0.215 e. The van der Waals surface area contributed by atoms with E-state index in [0.717, 1.165) is 34.6 Å². The van der Waals surface area contributed by atoms with Crippen molar-refractivity contribution in [2.45, 2.75) is 6.92 Å². The van der Waals surface area contributed by atoms with Crippen LogP contribution in [-0.4, -0.2) is 17.5 Å². The molecule has 0 bridgehead atoms. The molecule has 0 aliphatic heterocycles. The van der Waals surface area contributed by atoms with Gasteiger partial charge in [0, 0.05) is 11.1 Å². The Morgan fingerprint density at radius 3 is 1.62 bits per heavy atom. The van der Waals surface area contributed by atoms with Crippen LogP contribution in [0.25, 0.3) is 54.0 Å². The van der Waals surface area contributed by atoms with Crippen LogP contribution < -0.4 is 0 Å². The zero-order valence-electron chi connectivity index (χ0n) is 23.7. The normalized spacial score (nSPS) is 9.80. The van der Waals surface area contributed by atoms with E-state index in [1.54, 1.807) is 12.1 Å². The Morgan fingerprint density at radius 2 is 1.13 bits per heavy atom. The minimum Gasteiger partial charge on any atom is -0.237 e. The van der Waals surface area contributed by atoms with Gasteiger partial charge < -0.3 is 0 Å². The molecule has 8 nitrogen and oxygen atoms in total. The van der Waals surface area contributed by atoms with Gasteiger partial charge in [-0.25, -0.2) is 9.69 Å². The average Bonchev–Trinajstić information content (AvgIpc) is 3.77. The van der Waals surface area contributed by atoms with E-state index >= 15 is 0 Å². The maximum atomic E-state index is 9.82. The number of aromatic nitrogens is 4. The van der Waals surface area contributed by atoms with Crippen LogP contribution >= 0.6 is 23.5 Å². The zero-order chi connectivity index (χ0) is 31.6. The van der Waals surface area contributed by atoms with E-state index in [-0.39, 0.29) is 0 Å².